The van der Waals surface area contributed by atoms with E-state index >= 15 is 0 Å². The predicted molar refractivity (Wildman–Crippen MR) is 183 cm³/mol. The van der Waals surface area contributed by atoms with E-state index < -0.39 is 47.7 Å². The van der Waals surface area contributed by atoms with E-state index in [2.05, 4.69) is 41.3 Å². The molecule has 10 heteroatoms. The number of ether oxygens (including phenoxy) is 3. The Bertz CT molecular complexity index is 1270. The van der Waals surface area contributed by atoms with Gasteiger partial charge in [-0.3, -0.25) is 4.79 Å². The Morgan fingerprint density at radius 3 is 2.26 bits per heavy atom. The average molecular weight is 657 g/mol. The minimum Gasteiger partial charge on any atom is -0.466 e. The van der Waals surface area contributed by atoms with Gasteiger partial charge in [-0.25, -0.2) is 9.59 Å². The average Bonchev–Trinajstić information content (AvgIpc) is 3.02. The van der Waals surface area contributed by atoms with Crippen molar-refractivity contribution in [2.24, 2.45) is 40.7 Å². The number of fused-ring (bicyclic) bond motifs is 1. The second-order valence-corrected chi connectivity index (χ2v) is 13.3. The van der Waals surface area contributed by atoms with E-state index in [4.69, 9.17) is 15.2 Å². The molecule has 0 heterocycles. The van der Waals surface area contributed by atoms with Crippen LogP contribution in [0, 0.1) is 35.0 Å². The minimum atomic E-state index is -0.906. The van der Waals surface area contributed by atoms with E-state index in [1.807, 2.05) is 45.1 Å². The smallest absolute Gasteiger partial charge is 0.404 e. The van der Waals surface area contributed by atoms with Crippen molar-refractivity contribution < 1.29 is 38.8 Å². The molecule has 0 saturated heterocycles. The summed E-state index contributed by atoms with van der Waals surface area (Å²) in [4.78, 5) is 34.8. The number of methoxy groups -OCH3 is 2. The highest BCUT2D eigenvalue weighted by Gasteiger charge is 2.50. The Morgan fingerprint density at radius 2 is 1.66 bits per heavy atom. The number of rotatable bonds is 14. The van der Waals surface area contributed by atoms with Crippen LogP contribution in [-0.2, 0) is 23.8 Å². The van der Waals surface area contributed by atoms with Gasteiger partial charge in [-0.2, -0.15) is 0 Å². The summed E-state index contributed by atoms with van der Waals surface area (Å²) in [5.74, 6) is -1.44. The summed E-state index contributed by atoms with van der Waals surface area (Å²) in [5.41, 5.74) is 6.98. The molecule has 2 rings (SSSR count). The van der Waals surface area contributed by atoms with Crippen LogP contribution in [0.4, 0.5) is 4.79 Å². The maximum Gasteiger partial charge on any atom is 0.404 e. The predicted octanol–water partition coefficient (Wildman–Crippen LogP) is 4.94. The van der Waals surface area contributed by atoms with E-state index in [0.717, 1.165) is 17.6 Å². The fourth-order valence-electron chi connectivity index (χ4n) is 6.79. The fraction of sp³-hybridized carbons (Fsp3) is 0.595. The number of aliphatic hydroxyl groups excluding tert-OH is 2. The first-order valence-electron chi connectivity index (χ1n) is 16.3. The summed E-state index contributed by atoms with van der Waals surface area (Å²) in [6.45, 7) is 13.0. The number of carbonyl (C=O) groups excluding carboxylic acids is 3. The van der Waals surface area contributed by atoms with Crippen LogP contribution in [0.25, 0.3) is 0 Å². The lowest BCUT2D eigenvalue weighted by atomic mass is 9.55. The quantitative estimate of drug-likeness (QED) is 0.0887. The largest absolute Gasteiger partial charge is 0.466 e. The number of carbonyl (C=O) groups is 3. The molecule has 0 bridgehead atoms. The second kappa shape index (κ2) is 18.2. The third kappa shape index (κ3) is 11.3. The molecule has 0 aromatic heterocycles. The van der Waals surface area contributed by atoms with Gasteiger partial charge in [0.25, 0.3) is 0 Å². The van der Waals surface area contributed by atoms with E-state index in [9.17, 15) is 24.6 Å². The molecule has 262 valence electrons. The Morgan fingerprint density at radius 1 is 0.979 bits per heavy atom. The molecule has 11 atom stereocenters. The van der Waals surface area contributed by atoms with Crippen molar-refractivity contribution in [1.82, 2.24) is 5.32 Å². The molecule has 0 aromatic carbocycles. The van der Waals surface area contributed by atoms with Crippen molar-refractivity contribution in [3.8, 4) is 0 Å². The number of allylic oxidation sites excluding steroid dienone is 9. The maximum atomic E-state index is 11.8. The molecule has 0 aliphatic heterocycles. The lowest BCUT2D eigenvalue weighted by Gasteiger charge is -2.51. The summed E-state index contributed by atoms with van der Waals surface area (Å²) < 4.78 is 16.1. The molecule has 2 amide bonds. The van der Waals surface area contributed by atoms with Gasteiger partial charge in [0.05, 0.1) is 31.5 Å². The molecule has 5 N–H and O–H groups in total. The number of nitrogens with two attached hydrogens (primary N) is 1. The zero-order valence-electron chi connectivity index (χ0n) is 29.4. The fourth-order valence-corrected chi connectivity index (χ4v) is 6.79. The number of hydrogen-bond donors (Lipinski definition) is 4. The number of hydrogen-bond acceptors (Lipinski definition) is 8. The number of esters is 1. The van der Waals surface area contributed by atoms with E-state index in [1.165, 1.54) is 20.1 Å². The summed E-state index contributed by atoms with van der Waals surface area (Å²) in [5, 5.41) is 24.4. The van der Waals surface area contributed by atoms with Gasteiger partial charge in [-0.1, -0.05) is 86.6 Å². The monoisotopic (exact) mass is 656 g/mol. The van der Waals surface area contributed by atoms with Crippen molar-refractivity contribution in [3.63, 3.8) is 0 Å². The lowest BCUT2D eigenvalue weighted by Crippen LogP contribution is -2.50. The van der Waals surface area contributed by atoms with Gasteiger partial charge in [0, 0.05) is 50.2 Å². The normalized spacial score (nSPS) is 30.1. The number of amides is 2. The van der Waals surface area contributed by atoms with Gasteiger partial charge in [-0.05, 0) is 38.5 Å². The summed E-state index contributed by atoms with van der Waals surface area (Å²) in [6, 6.07) is -0.490. The van der Waals surface area contributed by atoms with Crippen molar-refractivity contribution in [1.29, 1.82) is 0 Å². The van der Waals surface area contributed by atoms with Gasteiger partial charge in [-0.15, -0.1) is 0 Å². The van der Waals surface area contributed by atoms with E-state index in [-0.39, 0.29) is 35.7 Å². The van der Waals surface area contributed by atoms with Gasteiger partial charge >= 0.3 is 12.1 Å². The Hall–Kier alpha value is -3.47. The van der Waals surface area contributed by atoms with Crippen LogP contribution in [-0.4, -0.2) is 72.9 Å². The molecule has 1 saturated carbocycles. The number of primary amides is 1. The maximum absolute atomic E-state index is 11.8. The molecular weight excluding hydrogens is 600 g/mol. The molecule has 1 fully saturated rings. The van der Waals surface area contributed by atoms with Crippen LogP contribution in [0.15, 0.2) is 71.9 Å². The molecule has 0 aromatic rings. The Labute approximate surface area is 280 Å². The van der Waals surface area contributed by atoms with Gasteiger partial charge in [0.1, 0.15) is 6.10 Å². The highest BCUT2D eigenvalue weighted by atomic mass is 16.6. The topological polar surface area (TPSA) is 157 Å². The van der Waals surface area contributed by atoms with Crippen molar-refractivity contribution in [3.05, 3.63) is 71.9 Å². The van der Waals surface area contributed by atoms with Crippen LogP contribution < -0.4 is 11.1 Å². The van der Waals surface area contributed by atoms with Crippen molar-refractivity contribution in [2.75, 3.05) is 14.2 Å². The first kappa shape index (κ1) is 39.7. The van der Waals surface area contributed by atoms with Crippen LogP contribution >= 0.6 is 0 Å². The standard InChI is InChI=1S/C37H56N2O8/c1-22(11-10-12-33(41)46-9)17-18-37(7)28(15-16-30-31(37)20-29(45-8)21-32(30)47-36(38)44)19-23(2)13-14-24(3)34(42)25(4)35(43)26(5)39-27(6)40/h10-19,24-26,28-32,34-35,42-43H,20-21H2,1-9H3,(H2,38,44)(H,39,40)/b12-10+,14-13+,18-17+,22-11-,23-19+/t24-,25+,26-,28-,29+,30-,31-,32+,34-,35+,37+/m1/s1. The first-order chi connectivity index (χ1) is 22.0. The van der Waals surface area contributed by atoms with Gasteiger partial charge in [0.2, 0.25) is 5.91 Å². The third-order valence-corrected chi connectivity index (χ3v) is 9.73. The Kier molecular flexibility index (Phi) is 15.4. The summed E-state index contributed by atoms with van der Waals surface area (Å²) >= 11 is 0. The summed E-state index contributed by atoms with van der Waals surface area (Å²) in [7, 11) is 3.00. The minimum absolute atomic E-state index is 0.0348. The first-order valence-corrected chi connectivity index (χ1v) is 16.3. The third-order valence-electron chi connectivity index (χ3n) is 9.73. The number of nitrogens with one attached hydrogen (secondary N) is 1. The molecule has 0 unspecified atom stereocenters. The van der Waals surface area contributed by atoms with Crippen molar-refractivity contribution >= 4 is 18.0 Å². The molecule has 10 nitrogen and oxygen atoms in total. The second-order valence-electron chi connectivity index (χ2n) is 13.3. The van der Waals surface area contributed by atoms with Crippen LogP contribution in [0.2, 0.25) is 0 Å². The SMILES string of the molecule is COC(=O)/C=C/C=C(C)\C=C\[C@@]1(C)[C@@H](/C=C(C)/C=C/[C@@H](C)[C@@H](O)[C@H](C)[C@H](O)[C@@H](C)NC(C)=O)C=C[C@H]2[C@@H](OC(N)=O)C[C@@H](OC)C[C@H]21. The zero-order chi connectivity index (χ0) is 35.5. The molecular formula is C37H56N2O8. The van der Waals surface area contributed by atoms with Gasteiger partial charge < -0.3 is 35.5 Å². The summed E-state index contributed by atoms with van der Waals surface area (Å²) in [6.07, 6.45) is 17.7. The van der Waals surface area contributed by atoms with Crippen LogP contribution in [0.1, 0.15) is 61.3 Å². The lowest BCUT2D eigenvalue weighted by molar-refractivity contribution is -0.134. The van der Waals surface area contributed by atoms with Crippen molar-refractivity contribution in [2.45, 2.75) is 91.8 Å². The highest BCUT2D eigenvalue weighted by Crippen LogP contribution is 2.53. The van der Waals surface area contributed by atoms with Gasteiger partial charge in [0.15, 0.2) is 0 Å². The van der Waals surface area contributed by atoms with E-state index in [1.54, 1.807) is 27.0 Å². The number of aliphatic hydroxyl groups is 2. The zero-order valence-corrected chi connectivity index (χ0v) is 29.4. The molecule has 47 heavy (non-hydrogen) atoms. The highest BCUT2D eigenvalue weighted by molar-refractivity contribution is 5.82. The molecule has 0 spiro atoms. The van der Waals surface area contributed by atoms with E-state index in [0.29, 0.717) is 6.42 Å². The molecule has 2 aliphatic carbocycles. The molecule has 2 aliphatic rings. The van der Waals surface area contributed by atoms with Crippen LogP contribution in [0.3, 0.4) is 0 Å². The Balaban J connectivity index is 2.43. The van der Waals surface area contributed by atoms with Crippen LogP contribution in [0.5, 0.6) is 0 Å². The molecule has 0 radical (unpaired) electrons.